The molecule has 0 bridgehead atoms. The fourth-order valence-electron chi connectivity index (χ4n) is 2.42. The van der Waals surface area contributed by atoms with E-state index in [9.17, 15) is 0 Å². The zero-order valence-electron chi connectivity index (χ0n) is 12.3. The summed E-state index contributed by atoms with van der Waals surface area (Å²) in [6.45, 7) is 0.678. The van der Waals surface area contributed by atoms with E-state index in [1.165, 1.54) is 0 Å². The van der Waals surface area contributed by atoms with Gasteiger partial charge in [-0.1, -0.05) is 18.2 Å². The molecule has 112 valence electrons. The van der Waals surface area contributed by atoms with E-state index in [1.54, 1.807) is 17.5 Å². The number of para-hydroxylation sites is 1. The Bertz CT molecular complexity index is 920. The van der Waals surface area contributed by atoms with Crippen LogP contribution in [-0.2, 0) is 6.54 Å². The first kappa shape index (κ1) is 13.8. The van der Waals surface area contributed by atoms with Crippen LogP contribution in [0.4, 0.5) is 5.82 Å². The van der Waals surface area contributed by atoms with Crippen molar-refractivity contribution in [3.8, 4) is 11.4 Å². The number of pyridine rings is 1. The molecule has 0 amide bonds. The van der Waals surface area contributed by atoms with E-state index in [-0.39, 0.29) is 0 Å². The van der Waals surface area contributed by atoms with Crippen LogP contribution in [0.5, 0.6) is 0 Å². The topological polar surface area (TPSA) is 50.7 Å². The number of hydrogen-bond donors (Lipinski definition) is 1. The molecule has 4 nitrogen and oxygen atoms in total. The van der Waals surface area contributed by atoms with Crippen molar-refractivity contribution in [1.29, 1.82) is 0 Å². The number of rotatable bonds is 4. The highest BCUT2D eigenvalue weighted by Crippen LogP contribution is 2.26. The molecule has 0 unspecified atom stereocenters. The van der Waals surface area contributed by atoms with Crippen molar-refractivity contribution in [2.75, 3.05) is 5.32 Å². The van der Waals surface area contributed by atoms with Gasteiger partial charge in [-0.15, -0.1) is 0 Å². The molecule has 0 aliphatic heterocycles. The highest BCUT2D eigenvalue weighted by Gasteiger charge is 2.09. The van der Waals surface area contributed by atoms with Gasteiger partial charge in [0.1, 0.15) is 5.82 Å². The van der Waals surface area contributed by atoms with Gasteiger partial charge in [0.05, 0.1) is 5.52 Å². The van der Waals surface area contributed by atoms with E-state index in [1.807, 2.05) is 54.0 Å². The van der Waals surface area contributed by atoms with Crippen LogP contribution in [0, 0.1) is 0 Å². The highest BCUT2D eigenvalue weighted by molar-refractivity contribution is 7.08. The molecule has 0 aliphatic rings. The lowest BCUT2D eigenvalue weighted by molar-refractivity contribution is 1.08. The predicted octanol–water partition coefficient (Wildman–Crippen LogP) is 4.37. The standard InChI is InChI=1S/C18H14N4S/c1-2-6-16-15(5-1)18(20-11-13-4-3-8-19-10-13)22-17(21-16)14-7-9-23-12-14/h1-10,12H,11H2,(H,20,21,22). The number of nitrogens with one attached hydrogen (secondary N) is 1. The van der Waals surface area contributed by atoms with Crippen LogP contribution in [-0.4, -0.2) is 15.0 Å². The van der Waals surface area contributed by atoms with E-state index in [4.69, 9.17) is 4.98 Å². The third kappa shape index (κ3) is 2.91. The summed E-state index contributed by atoms with van der Waals surface area (Å²) in [6, 6.07) is 14.1. The quantitative estimate of drug-likeness (QED) is 0.607. The Labute approximate surface area is 137 Å². The fourth-order valence-corrected chi connectivity index (χ4v) is 3.05. The summed E-state index contributed by atoms with van der Waals surface area (Å²) in [7, 11) is 0. The van der Waals surface area contributed by atoms with E-state index in [0.717, 1.165) is 33.7 Å². The van der Waals surface area contributed by atoms with Gasteiger partial charge in [-0.3, -0.25) is 4.98 Å². The molecule has 0 saturated heterocycles. The lowest BCUT2D eigenvalue weighted by Crippen LogP contribution is -2.04. The van der Waals surface area contributed by atoms with E-state index in [0.29, 0.717) is 6.54 Å². The van der Waals surface area contributed by atoms with Crippen LogP contribution in [0.25, 0.3) is 22.3 Å². The van der Waals surface area contributed by atoms with Gasteiger partial charge in [0.25, 0.3) is 0 Å². The van der Waals surface area contributed by atoms with Crippen LogP contribution in [0.3, 0.4) is 0 Å². The van der Waals surface area contributed by atoms with Gasteiger partial charge < -0.3 is 5.32 Å². The van der Waals surface area contributed by atoms with E-state index < -0.39 is 0 Å². The molecule has 4 aromatic rings. The largest absolute Gasteiger partial charge is 0.365 e. The summed E-state index contributed by atoms with van der Waals surface area (Å²) in [4.78, 5) is 13.5. The second kappa shape index (κ2) is 6.14. The van der Waals surface area contributed by atoms with Gasteiger partial charge in [-0.2, -0.15) is 11.3 Å². The first-order chi connectivity index (χ1) is 11.4. The Morgan fingerprint density at radius 2 is 1.96 bits per heavy atom. The maximum Gasteiger partial charge on any atom is 0.162 e. The fraction of sp³-hybridized carbons (Fsp3) is 0.0556. The minimum absolute atomic E-state index is 0.678. The van der Waals surface area contributed by atoms with Crippen molar-refractivity contribution in [2.45, 2.75) is 6.54 Å². The zero-order valence-corrected chi connectivity index (χ0v) is 13.1. The van der Waals surface area contributed by atoms with Gasteiger partial charge in [0.2, 0.25) is 0 Å². The summed E-state index contributed by atoms with van der Waals surface area (Å²) in [5.41, 5.74) is 3.11. The summed E-state index contributed by atoms with van der Waals surface area (Å²) >= 11 is 1.65. The smallest absolute Gasteiger partial charge is 0.162 e. The monoisotopic (exact) mass is 318 g/mol. The molecule has 3 heterocycles. The number of thiophene rings is 1. The van der Waals surface area contributed by atoms with Gasteiger partial charge in [-0.25, -0.2) is 9.97 Å². The third-order valence-electron chi connectivity index (χ3n) is 3.57. The normalized spacial score (nSPS) is 10.8. The maximum absolute atomic E-state index is 4.72. The molecule has 3 aromatic heterocycles. The summed E-state index contributed by atoms with van der Waals surface area (Å²) < 4.78 is 0. The third-order valence-corrected chi connectivity index (χ3v) is 4.25. The van der Waals surface area contributed by atoms with Crippen LogP contribution in [0.1, 0.15) is 5.56 Å². The van der Waals surface area contributed by atoms with Crippen molar-refractivity contribution in [1.82, 2.24) is 15.0 Å². The maximum atomic E-state index is 4.72. The molecule has 1 aromatic carbocycles. The Hall–Kier alpha value is -2.79. The van der Waals surface area contributed by atoms with Crippen molar-refractivity contribution >= 4 is 28.1 Å². The molecule has 5 heteroatoms. The number of anilines is 1. The van der Waals surface area contributed by atoms with Gasteiger partial charge in [-0.05, 0) is 35.2 Å². The molecular weight excluding hydrogens is 304 g/mol. The van der Waals surface area contributed by atoms with Crippen LogP contribution < -0.4 is 5.32 Å². The average molecular weight is 318 g/mol. The Balaban J connectivity index is 1.74. The SMILES string of the molecule is c1cncc(CNc2nc(-c3ccsc3)nc3ccccc23)c1. The minimum atomic E-state index is 0.678. The van der Waals surface area contributed by atoms with Crippen LogP contribution in [0.15, 0.2) is 65.6 Å². The number of fused-ring (bicyclic) bond motifs is 1. The van der Waals surface area contributed by atoms with E-state index >= 15 is 0 Å². The second-order valence-electron chi connectivity index (χ2n) is 5.14. The van der Waals surface area contributed by atoms with Gasteiger partial charge >= 0.3 is 0 Å². The first-order valence-corrected chi connectivity index (χ1v) is 8.26. The van der Waals surface area contributed by atoms with Crippen molar-refractivity contribution in [3.63, 3.8) is 0 Å². The molecule has 1 N–H and O–H groups in total. The van der Waals surface area contributed by atoms with Crippen molar-refractivity contribution < 1.29 is 0 Å². The summed E-state index contributed by atoms with van der Waals surface area (Å²) in [5, 5.41) is 8.54. The van der Waals surface area contributed by atoms with Crippen molar-refractivity contribution in [3.05, 3.63) is 71.2 Å². The summed E-state index contributed by atoms with van der Waals surface area (Å²) in [5.74, 6) is 1.60. The molecule has 23 heavy (non-hydrogen) atoms. The minimum Gasteiger partial charge on any atom is -0.365 e. The first-order valence-electron chi connectivity index (χ1n) is 7.32. The number of benzene rings is 1. The van der Waals surface area contributed by atoms with Crippen molar-refractivity contribution in [2.24, 2.45) is 0 Å². The molecule has 0 aliphatic carbocycles. The van der Waals surface area contributed by atoms with Gasteiger partial charge in [0, 0.05) is 35.3 Å². The number of hydrogen-bond acceptors (Lipinski definition) is 5. The predicted molar refractivity (Wildman–Crippen MR) is 94.4 cm³/mol. The molecule has 4 rings (SSSR count). The Morgan fingerprint density at radius 1 is 1.00 bits per heavy atom. The Morgan fingerprint density at radius 3 is 2.78 bits per heavy atom. The lowest BCUT2D eigenvalue weighted by Gasteiger charge is -2.10. The molecule has 0 fully saturated rings. The highest BCUT2D eigenvalue weighted by atomic mass is 32.1. The molecule has 0 spiro atoms. The number of aromatic nitrogens is 3. The van der Waals surface area contributed by atoms with Crippen LogP contribution in [0.2, 0.25) is 0 Å². The average Bonchev–Trinajstić information content (AvgIpc) is 3.15. The second-order valence-corrected chi connectivity index (χ2v) is 5.92. The molecular formula is C18H14N4S. The van der Waals surface area contributed by atoms with E-state index in [2.05, 4.69) is 20.7 Å². The molecule has 0 radical (unpaired) electrons. The summed E-state index contributed by atoms with van der Waals surface area (Å²) in [6.07, 6.45) is 3.63. The van der Waals surface area contributed by atoms with Gasteiger partial charge in [0.15, 0.2) is 5.82 Å². The Kier molecular flexibility index (Phi) is 3.70. The molecule has 0 saturated carbocycles. The number of nitrogens with zero attached hydrogens (tertiary/aromatic N) is 3. The zero-order chi connectivity index (χ0) is 15.5. The van der Waals surface area contributed by atoms with Crippen LogP contribution >= 0.6 is 11.3 Å². The molecule has 0 atom stereocenters. The lowest BCUT2D eigenvalue weighted by atomic mass is 10.2.